The maximum atomic E-state index is 13.3. The summed E-state index contributed by atoms with van der Waals surface area (Å²) in [7, 11) is 0. The minimum Gasteiger partial charge on any atom is -0.367 e. The van der Waals surface area contributed by atoms with Gasteiger partial charge in [-0.3, -0.25) is 4.79 Å². The van der Waals surface area contributed by atoms with Gasteiger partial charge in [-0.2, -0.15) is 0 Å². The molecule has 1 fully saturated rings. The fourth-order valence-electron chi connectivity index (χ4n) is 2.74. The largest absolute Gasteiger partial charge is 0.367 e. The van der Waals surface area contributed by atoms with Gasteiger partial charge in [0.1, 0.15) is 11.4 Å². The average Bonchev–Trinajstić information content (AvgIpc) is 2.84. The van der Waals surface area contributed by atoms with E-state index in [0.29, 0.717) is 12.2 Å². The van der Waals surface area contributed by atoms with Crippen molar-refractivity contribution in [3.8, 4) is 0 Å². The maximum absolute atomic E-state index is 13.3. The van der Waals surface area contributed by atoms with E-state index in [1.807, 2.05) is 6.92 Å². The SMILES string of the molecule is CCOC1(C(=O)Cc2cc(F)ccc2Br)CCCC1. The summed E-state index contributed by atoms with van der Waals surface area (Å²) < 4.78 is 19.8. The second kappa shape index (κ2) is 6.14. The molecule has 0 amide bonds. The first-order valence-corrected chi connectivity index (χ1v) is 7.48. The number of hydrogen-bond acceptors (Lipinski definition) is 2. The van der Waals surface area contributed by atoms with Crippen LogP contribution in [-0.4, -0.2) is 18.0 Å². The second-order valence-corrected chi connectivity index (χ2v) is 5.82. The Morgan fingerprint density at radius 2 is 2.11 bits per heavy atom. The number of halogens is 2. The Bertz CT molecular complexity index is 467. The van der Waals surface area contributed by atoms with Crippen LogP contribution in [0.3, 0.4) is 0 Å². The summed E-state index contributed by atoms with van der Waals surface area (Å²) in [5.41, 5.74) is 0.0523. The number of rotatable bonds is 5. The van der Waals surface area contributed by atoms with E-state index >= 15 is 0 Å². The molecule has 1 saturated carbocycles. The zero-order chi connectivity index (χ0) is 13.9. The highest BCUT2D eigenvalue weighted by Crippen LogP contribution is 2.35. The maximum Gasteiger partial charge on any atom is 0.169 e. The minimum absolute atomic E-state index is 0.0677. The first-order chi connectivity index (χ1) is 9.07. The van der Waals surface area contributed by atoms with Gasteiger partial charge in [-0.15, -0.1) is 0 Å². The van der Waals surface area contributed by atoms with Crippen LogP contribution in [0.5, 0.6) is 0 Å². The van der Waals surface area contributed by atoms with Gasteiger partial charge in [0.15, 0.2) is 5.78 Å². The first kappa shape index (κ1) is 14.7. The van der Waals surface area contributed by atoms with Crippen molar-refractivity contribution in [2.45, 2.75) is 44.6 Å². The molecule has 0 radical (unpaired) electrons. The fraction of sp³-hybridized carbons (Fsp3) is 0.533. The Kier molecular flexibility index (Phi) is 4.74. The molecule has 0 saturated heterocycles. The summed E-state index contributed by atoms with van der Waals surface area (Å²) in [6, 6.07) is 4.43. The number of ether oxygens (including phenoxy) is 1. The monoisotopic (exact) mass is 328 g/mol. The van der Waals surface area contributed by atoms with Crippen molar-refractivity contribution in [3.05, 3.63) is 34.1 Å². The summed E-state index contributed by atoms with van der Waals surface area (Å²) in [6.07, 6.45) is 3.84. The zero-order valence-corrected chi connectivity index (χ0v) is 12.6. The molecule has 2 nitrogen and oxygen atoms in total. The van der Waals surface area contributed by atoms with Crippen LogP contribution in [0.2, 0.25) is 0 Å². The molecule has 0 spiro atoms. The van der Waals surface area contributed by atoms with E-state index in [1.54, 1.807) is 6.07 Å². The average molecular weight is 329 g/mol. The number of carbonyl (C=O) groups excluding carboxylic acids is 1. The Hall–Kier alpha value is -0.740. The van der Waals surface area contributed by atoms with Gasteiger partial charge in [0, 0.05) is 17.5 Å². The third-order valence-electron chi connectivity index (χ3n) is 3.70. The molecule has 0 atom stereocenters. The summed E-state index contributed by atoms with van der Waals surface area (Å²) in [5.74, 6) is -0.249. The molecule has 0 aromatic heterocycles. The van der Waals surface area contributed by atoms with Crippen LogP contribution in [0.1, 0.15) is 38.2 Å². The van der Waals surface area contributed by atoms with Crippen LogP contribution >= 0.6 is 15.9 Å². The van der Waals surface area contributed by atoms with Gasteiger partial charge in [0.05, 0.1) is 0 Å². The molecule has 0 unspecified atom stereocenters. The van der Waals surface area contributed by atoms with Crippen molar-refractivity contribution in [3.63, 3.8) is 0 Å². The molecule has 0 aliphatic heterocycles. The predicted molar refractivity (Wildman–Crippen MR) is 75.6 cm³/mol. The van der Waals surface area contributed by atoms with Gasteiger partial charge >= 0.3 is 0 Å². The third kappa shape index (κ3) is 3.23. The van der Waals surface area contributed by atoms with E-state index in [4.69, 9.17) is 4.74 Å². The third-order valence-corrected chi connectivity index (χ3v) is 4.47. The van der Waals surface area contributed by atoms with Crippen molar-refractivity contribution >= 4 is 21.7 Å². The van der Waals surface area contributed by atoms with Crippen molar-refractivity contribution in [2.75, 3.05) is 6.61 Å². The quantitative estimate of drug-likeness (QED) is 0.815. The van der Waals surface area contributed by atoms with Gasteiger partial charge in [-0.05, 0) is 56.4 Å². The van der Waals surface area contributed by atoms with Gasteiger partial charge < -0.3 is 4.74 Å². The molecule has 19 heavy (non-hydrogen) atoms. The van der Waals surface area contributed by atoms with E-state index in [1.165, 1.54) is 12.1 Å². The van der Waals surface area contributed by atoms with E-state index < -0.39 is 5.60 Å². The van der Waals surface area contributed by atoms with Crippen LogP contribution in [0, 0.1) is 5.82 Å². The molecule has 1 aliphatic rings. The number of ketones is 1. The second-order valence-electron chi connectivity index (χ2n) is 4.97. The normalized spacial score (nSPS) is 17.6. The summed E-state index contributed by atoms with van der Waals surface area (Å²) in [4.78, 5) is 12.5. The van der Waals surface area contributed by atoms with Crippen molar-refractivity contribution in [1.29, 1.82) is 0 Å². The highest BCUT2D eigenvalue weighted by molar-refractivity contribution is 9.10. The fourth-order valence-corrected chi connectivity index (χ4v) is 3.13. The smallest absolute Gasteiger partial charge is 0.169 e. The highest BCUT2D eigenvalue weighted by Gasteiger charge is 2.41. The molecular formula is C15H18BrFO2. The number of hydrogen-bond donors (Lipinski definition) is 0. The zero-order valence-electron chi connectivity index (χ0n) is 11.0. The summed E-state index contributed by atoms with van der Waals surface area (Å²) >= 11 is 3.36. The molecule has 0 bridgehead atoms. The number of benzene rings is 1. The van der Waals surface area contributed by atoms with E-state index in [2.05, 4.69) is 15.9 Å². The summed E-state index contributed by atoms with van der Waals surface area (Å²) in [6.45, 7) is 2.45. The Balaban J connectivity index is 2.17. The van der Waals surface area contributed by atoms with Crippen LogP contribution in [0.4, 0.5) is 4.39 Å². The number of Topliss-reactive ketones (excluding diaryl/α,β-unsaturated/α-hetero) is 1. The lowest BCUT2D eigenvalue weighted by atomic mass is 9.91. The Labute approximate surface area is 121 Å². The molecule has 4 heteroatoms. The van der Waals surface area contributed by atoms with Gasteiger partial charge in [-0.25, -0.2) is 4.39 Å². The molecule has 1 aromatic carbocycles. The van der Waals surface area contributed by atoms with Crippen LogP contribution in [0.15, 0.2) is 22.7 Å². The lowest BCUT2D eigenvalue weighted by Gasteiger charge is -2.27. The van der Waals surface area contributed by atoms with Gasteiger partial charge in [0.25, 0.3) is 0 Å². The molecule has 0 heterocycles. The topological polar surface area (TPSA) is 26.3 Å². The van der Waals surface area contributed by atoms with Gasteiger partial charge in [-0.1, -0.05) is 15.9 Å². The first-order valence-electron chi connectivity index (χ1n) is 6.68. The lowest BCUT2D eigenvalue weighted by molar-refractivity contribution is -0.142. The Morgan fingerprint density at radius 3 is 2.74 bits per heavy atom. The molecule has 0 N–H and O–H groups in total. The minimum atomic E-state index is -0.638. The van der Waals surface area contributed by atoms with Crippen LogP contribution in [-0.2, 0) is 16.0 Å². The molecule has 2 rings (SSSR count). The summed E-state index contributed by atoms with van der Waals surface area (Å²) in [5, 5.41) is 0. The molecular weight excluding hydrogens is 311 g/mol. The lowest BCUT2D eigenvalue weighted by Crippen LogP contribution is -2.40. The van der Waals surface area contributed by atoms with E-state index in [9.17, 15) is 9.18 Å². The van der Waals surface area contributed by atoms with E-state index in [0.717, 1.165) is 30.2 Å². The standard InChI is InChI=1S/C15H18BrFO2/c1-2-19-15(7-3-4-8-15)14(18)10-11-9-12(17)5-6-13(11)16/h5-6,9H,2-4,7-8,10H2,1H3. The van der Waals surface area contributed by atoms with Gasteiger partial charge in [0.2, 0.25) is 0 Å². The predicted octanol–water partition coefficient (Wildman–Crippen LogP) is 4.05. The highest BCUT2D eigenvalue weighted by atomic mass is 79.9. The van der Waals surface area contributed by atoms with E-state index in [-0.39, 0.29) is 18.0 Å². The number of carbonyl (C=O) groups is 1. The Morgan fingerprint density at radius 1 is 1.42 bits per heavy atom. The van der Waals surface area contributed by atoms with Crippen LogP contribution < -0.4 is 0 Å². The van der Waals surface area contributed by atoms with Crippen molar-refractivity contribution < 1.29 is 13.9 Å². The molecule has 1 aliphatic carbocycles. The van der Waals surface area contributed by atoms with Crippen LogP contribution in [0.25, 0.3) is 0 Å². The molecule has 104 valence electrons. The molecule has 1 aromatic rings. The van der Waals surface area contributed by atoms with Crippen molar-refractivity contribution in [2.24, 2.45) is 0 Å². The van der Waals surface area contributed by atoms with Crippen molar-refractivity contribution in [1.82, 2.24) is 0 Å².